The van der Waals surface area contributed by atoms with E-state index in [9.17, 15) is 9.90 Å². The van der Waals surface area contributed by atoms with Crippen molar-refractivity contribution in [3.63, 3.8) is 0 Å². The van der Waals surface area contributed by atoms with Crippen LogP contribution in [0.5, 0.6) is 0 Å². The predicted molar refractivity (Wildman–Crippen MR) is 43.2 cm³/mol. The molecule has 0 amide bonds. The van der Waals surface area contributed by atoms with Crippen molar-refractivity contribution in [1.29, 1.82) is 0 Å². The zero-order chi connectivity index (χ0) is 9.35. The first kappa shape index (κ1) is 8.80. The van der Waals surface area contributed by atoms with Crippen LogP contribution in [0.2, 0.25) is 0 Å². The fraction of sp³-hybridized carbons (Fsp3) is 0.375. The van der Waals surface area contributed by atoms with Crippen molar-refractivity contribution in [3.8, 4) is 0 Å². The maximum atomic E-state index is 10.6. The molecular formula is C8H11NO3. The van der Waals surface area contributed by atoms with Gasteiger partial charge in [-0.3, -0.25) is 0 Å². The number of nitrogens with two attached hydrogens (primary N) is 1. The van der Waals surface area contributed by atoms with Crippen molar-refractivity contribution in [1.82, 2.24) is 0 Å². The molecule has 0 aromatic rings. The highest BCUT2D eigenvalue weighted by Crippen LogP contribution is 2.25. The van der Waals surface area contributed by atoms with Crippen LogP contribution < -0.4 is 5.73 Å². The summed E-state index contributed by atoms with van der Waals surface area (Å²) in [6.07, 6.45) is 3.37. The monoisotopic (exact) mass is 169 g/mol. The van der Waals surface area contributed by atoms with E-state index in [0.717, 1.165) is 0 Å². The summed E-state index contributed by atoms with van der Waals surface area (Å²) < 4.78 is 0. The lowest BCUT2D eigenvalue weighted by Crippen LogP contribution is -2.35. The van der Waals surface area contributed by atoms with Crippen LogP contribution in [-0.4, -0.2) is 21.8 Å². The fourth-order valence-electron chi connectivity index (χ4n) is 1.08. The van der Waals surface area contributed by atoms with Gasteiger partial charge in [-0.05, 0) is 19.4 Å². The summed E-state index contributed by atoms with van der Waals surface area (Å²) in [5.74, 6) is -1.11. The first-order valence-corrected chi connectivity index (χ1v) is 3.57. The number of carboxylic acids is 1. The standard InChI is InChI=1S/C8H11NO3/c1-8(12)4-2-3-5(6(8)9)7(10)11/h2-3,12H,4,9H2,1H3,(H,10,11). The smallest absolute Gasteiger partial charge is 0.337 e. The number of aliphatic carboxylic acids is 1. The molecular weight excluding hydrogens is 158 g/mol. The normalized spacial score (nSPS) is 29.2. The molecule has 0 heterocycles. The summed E-state index contributed by atoms with van der Waals surface area (Å²) in [5, 5.41) is 18.2. The van der Waals surface area contributed by atoms with E-state index in [1.807, 2.05) is 0 Å². The van der Waals surface area contributed by atoms with Gasteiger partial charge in [0.05, 0.1) is 11.3 Å². The van der Waals surface area contributed by atoms with E-state index in [0.29, 0.717) is 6.42 Å². The number of carboxylic acid groups (broad SMARTS) is 1. The van der Waals surface area contributed by atoms with Crippen molar-refractivity contribution in [2.45, 2.75) is 18.9 Å². The summed E-state index contributed by atoms with van der Waals surface area (Å²) in [6.45, 7) is 1.49. The van der Waals surface area contributed by atoms with Crippen molar-refractivity contribution >= 4 is 5.97 Å². The van der Waals surface area contributed by atoms with Crippen LogP contribution in [0, 0.1) is 0 Å². The lowest BCUT2D eigenvalue weighted by atomic mass is 9.90. The third-order valence-electron chi connectivity index (χ3n) is 1.90. The molecule has 1 unspecified atom stereocenters. The third kappa shape index (κ3) is 1.33. The second-order valence-corrected chi connectivity index (χ2v) is 3.01. The zero-order valence-corrected chi connectivity index (χ0v) is 6.74. The van der Waals surface area contributed by atoms with E-state index in [1.54, 1.807) is 6.08 Å². The fourth-order valence-corrected chi connectivity index (χ4v) is 1.08. The maximum Gasteiger partial charge on any atom is 0.337 e. The first-order valence-electron chi connectivity index (χ1n) is 3.57. The van der Waals surface area contributed by atoms with E-state index in [2.05, 4.69) is 0 Å². The van der Waals surface area contributed by atoms with E-state index in [4.69, 9.17) is 10.8 Å². The number of hydrogen-bond acceptors (Lipinski definition) is 3. The molecule has 0 aromatic carbocycles. The Labute approximate surface area is 70.0 Å². The molecule has 0 saturated carbocycles. The van der Waals surface area contributed by atoms with Gasteiger partial charge in [0.25, 0.3) is 0 Å². The van der Waals surface area contributed by atoms with Gasteiger partial charge in [0.2, 0.25) is 0 Å². The minimum atomic E-state index is -1.22. The van der Waals surface area contributed by atoms with Gasteiger partial charge in [-0.15, -0.1) is 0 Å². The highest BCUT2D eigenvalue weighted by atomic mass is 16.4. The Kier molecular flexibility index (Phi) is 1.94. The Morgan fingerprint density at radius 1 is 1.75 bits per heavy atom. The van der Waals surface area contributed by atoms with Crippen LogP contribution in [-0.2, 0) is 4.79 Å². The SMILES string of the molecule is CC1(O)CC=CC(C(=O)O)=C1N. The highest BCUT2D eigenvalue weighted by molar-refractivity contribution is 5.91. The average Bonchev–Trinajstić information content (AvgIpc) is 1.94. The van der Waals surface area contributed by atoms with Crippen LogP contribution in [0.15, 0.2) is 23.4 Å². The van der Waals surface area contributed by atoms with Crippen LogP contribution in [0.25, 0.3) is 0 Å². The Balaban J connectivity index is 3.12. The average molecular weight is 169 g/mol. The number of hydrogen-bond donors (Lipinski definition) is 3. The Morgan fingerprint density at radius 2 is 2.33 bits per heavy atom. The van der Waals surface area contributed by atoms with Crippen molar-refractivity contribution < 1.29 is 15.0 Å². The molecule has 0 aliphatic heterocycles. The second-order valence-electron chi connectivity index (χ2n) is 3.01. The number of carbonyl (C=O) groups is 1. The molecule has 1 aliphatic carbocycles. The van der Waals surface area contributed by atoms with Gasteiger partial charge in [-0.2, -0.15) is 0 Å². The summed E-state index contributed by atoms with van der Waals surface area (Å²) >= 11 is 0. The molecule has 4 N–H and O–H groups in total. The second kappa shape index (κ2) is 2.64. The molecule has 0 fully saturated rings. The van der Waals surface area contributed by atoms with Gasteiger partial charge in [0, 0.05) is 0 Å². The Bertz CT molecular complexity index is 276. The molecule has 66 valence electrons. The zero-order valence-electron chi connectivity index (χ0n) is 6.74. The summed E-state index contributed by atoms with van der Waals surface area (Å²) in [5.41, 5.74) is 4.24. The quantitative estimate of drug-likeness (QED) is 0.515. The van der Waals surface area contributed by atoms with E-state index in [-0.39, 0.29) is 11.3 Å². The molecule has 0 saturated heterocycles. The van der Waals surface area contributed by atoms with Crippen LogP contribution >= 0.6 is 0 Å². The predicted octanol–water partition coefficient (Wildman–Crippen LogP) is -0.00530. The Hall–Kier alpha value is -1.29. The Morgan fingerprint density at radius 3 is 2.75 bits per heavy atom. The van der Waals surface area contributed by atoms with Crippen molar-refractivity contribution in [2.75, 3.05) is 0 Å². The molecule has 1 atom stereocenters. The van der Waals surface area contributed by atoms with Gasteiger partial charge in [0.1, 0.15) is 5.60 Å². The molecule has 12 heavy (non-hydrogen) atoms. The number of rotatable bonds is 1. The largest absolute Gasteiger partial charge is 0.478 e. The van der Waals surface area contributed by atoms with Crippen molar-refractivity contribution in [3.05, 3.63) is 23.4 Å². The molecule has 0 bridgehead atoms. The van der Waals surface area contributed by atoms with Gasteiger partial charge in [-0.1, -0.05) is 6.08 Å². The topological polar surface area (TPSA) is 83.5 Å². The third-order valence-corrected chi connectivity index (χ3v) is 1.90. The van der Waals surface area contributed by atoms with E-state index < -0.39 is 11.6 Å². The van der Waals surface area contributed by atoms with E-state index >= 15 is 0 Å². The summed E-state index contributed by atoms with van der Waals surface area (Å²) in [7, 11) is 0. The van der Waals surface area contributed by atoms with Crippen LogP contribution in [0.3, 0.4) is 0 Å². The molecule has 1 rings (SSSR count). The van der Waals surface area contributed by atoms with Gasteiger partial charge < -0.3 is 15.9 Å². The molecule has 0 radical (unpaired) electrons. The van der Waals surface area contributed by atoms with Crippen LogP contribution in [0.4, 0.5) is 0 Å². The van der Waals surface area contributed by atoms with Gasteiger partial charge >= 0.3 is 5.97 Å². The minimum Gasteiger partial charge on any atom is -0.478 e. The summed E-state index contributed by atoms with van der Waals surface area (Å²) in [6, 6.07) is 0. The van der Waals surface area contributed by atoms with E-state index in [1.165, 1.54) is 13.0 Å². The van der Waals surface area contributed by atoms with Crippen LogP contribution in [0.1, 0.15) is 13.3 Å². The lowest BCUT2D eigenvalue weighted by Gasteiger charge is -2.26. The minimum absolute atomic E-state index is 0.0220. The summed E-state index contributed by atoms with van der Waals surface area (Å²) in [4.78, 5) is 10.6. The van der Waals surface area contributed by atoms with Crippen molar-refractivity contribution in [2.24, 2.45) is 5.73 Å². The lowest BCUT2D eigenvalue weighted by molar-refractivity contribution is -0.132. The first-order chi connectivity index (χ1) is 5.45. The maximum absolute atomic E-state index is 10.6. The molecule has 1 aliphatic rings. The molecule has 0 aromatic heterocycles. The molecule has 4 heteroatoms. The highest BCUT2D eigenvalue weighted by Gasteiger charge is 2.29. The molecule has 0 spiro atoms. The van der Waals surface area contributed by atoms with Gasteiger partial charge in [-0.25, -0.2) is 4.79 Å². The number of aliphatic hydroxyl groups is 1. The molecule has 4 nitrogen and oxygen atoms in total. The van der Waals surface area contributed by atoms with Gasteiger partial charge in [0.15, 0.2) is 0 Å².